The van der Waals surface area contributed by atoms with Crippen LogP contribution in [0.1, 0.15) is 20.8 Å². The summed E-state index contributed by atoms with van der Waals surface area (Å²) in [5, 5.41) is 0. The number of nitrogens with zero attached hydrogens (tertiary/aromatic N) is 3. The number of fused-ring (bicyclic) bond motifs is 1. The largest absolute Gasteiger partial charge is 0.443 e. The van der Waals surface area contributed by atoms with E-state index < -0.39 is 11.7 Å². The Labute approximate surface area is 107 Å². The number of hydrogen-bond donors (Lipinski definition) is 0. The molecule has 0 bridgehead atoms. The lowest BCUT2D eigenvalue weighted by Crippen LogP contribution is -2.26. The van der Waals surface area contributed by atoms with Gasteiger partial charge in [-0.25, -0.2) is 19.3 Å². The van der Waals surface area contributed by atoms with Gasteiger partial charge >= 0.3 is 6.09 Å². The molecule has 2 aromatic rings. The van der Waals surface area contributed by atoms with E-state index in [9.17, 15) is 4.79 Å². The third-order valence-corrected chi connectivity index (χ3v) is 2.62. The van der Waals surface area contributed by atoms with Gasteiger partial charge in [0.2, 0.25) is 0 Å². The predicted octanol–water partition coefficient (Wildman–Crippen LogP) is 2.98. The van der Waals surface area contributed by atoms with E-state index in [1.165, 1.54) is 10.9 Å². The highest BCUT2D eigenvalue weighted by molar-refractivity contribution is 9.10. The van der Waals surface area contributed by atoms with Crippen LogP contribution in [0.15, 0.2) is 23.1 Å². The van der Waals surface area contributed by atoms with Crippen molar-refractivity contribution < 1.29 is 9.53 Å². The molecule has 0 aliphatic carbocycles. The molecule has 0 atom stereocenters. The number of carbonyl (C=O) groups is 1. The Bertz CT molecular complexity index is 572. The van der Waals surface area contributed by atoms with Crippen LogP contribution in [0.4, 0.5) is 4.79 Å². The first-order chi connectivity index (χ1) is 7.88. The molecule has 0 saturated carbocycles. The average Bonchev–Trinajstić information content (AvgIpc) is 2.60. The van der Waals surface area contributed by atoms with Crippen LogP contribution in [0.3, 0.4) is 0 Å². The maximum absolute atomic E-state index is 11.9. The van der Waals surface area contributed by atoms with Crippen LogP contribution in [0.25, 0.3) is 11.2 Å². The van der Waals surface area contributed by atoms with Gasteiger partial charge in [0.25, 0.3) is 0 Å². The van der Waals surface area contributed by atoms with Crippen molar-refractivity contribution >= 4 is 33.2 Å². The standard InChI is InChI=1S/C11H12BrN3O2/c1-11(2,3)17-10(16)15-6-14-8-7(12)4-5-13-9(8)15/h4-6H,1-3H3. The van der Waals surface area contributed by atoms with E-state index >= 15 is 0 Å². The minimum absolute atomic E-state index is 0.480. The molecular formula is C11H12BrN3O2. The average molecular weight is 298 g/mol. The molecule has 0 unspecified atom stereocenters. The van der Waals surface area contributed by atoms with Crippen molar-refractivity contribution in [2.24, 2.45) is 0 Å². The summed E-state index contributed by atoms with van der Waals surface area (Å²) in [5.74, 6) is 0. The van der Waals surface area contributed by atoms with Crippen molar-refractivity contribution in [2.45, 2.75) is 26.4 Å². The molecule has 0 spiro atoms. The van der Waals surface area contributed by atoms with E-state index in [1.807, 2.05) is 20.8 Å². The summed E-state index contributed by atoms with van der Waals surface area (Å²) in [7, 11) is 0. The zero-order chi connectivity index (χ0) is 12.6. The summed E-state index contributed by atoms with van der Waals surface area (Å²) in [5.41, 5.74) is 0.576. The third kappa shape index (κ3) is 2.46. The minimum Gasteiger partial charge on any atom is -0.443 e. The van der Waals surface area contributed by atoms with Gasteiger partial charge in [-0.15, -0.1) is 0 Å². The molecule has 6 heteroatoms. The number of aromatic nitrogens is 3. The zero-order valence-corrected chi connectivity index (χ0v) is 11.4. The van der Waals surface area contributed by atoms with Crippen LogP contribution < -0.4 is 0 Å². The molecule has 0 amide bonds. The predicted molar refractivity (Wildman–Crippen MR) is 66.9 cm³/mol. The maximum Gasteiger partial charge on any atom is 0.421 e. The molecule has 5 nitrogen and oxygen atoms in total. The summed E-state index contributed by atoms with van der Waals surface area (Å²) < 4.78 is 7.35. The second-order valence-corrected chi connectivity index (χ2v) is 5.41. The molecule has 0 N–H and O–H groups in total. The number of halogens is 1. The van der Waals surface area contributed by atoms with Crippen molar-refractivity contribution in [1.29, 1.82) is 0 Å². The van der Waals surface area contributed by atoms with Crippen LogP contribution in [0.2, 0.25) is 0 Å². The van der Waals surface area contributed by atoms with Crippen LogP contribution >= 0.6 is 15.9 Å². The molecule has 90 valence electrons. The van der Waals surface area contributed by atoms with E-state index in [1.54, 1.807) is 12.3 Å². The van der Waals surface area contributed by atoms with E-state index in [0.29, 0.717) is 11.2 Å². The van der Waals surface area contributed by atoms with Crippen LogP contribution in [-0.2, 0) is 4.74 Å². The normalized spacial score (nSPS) is 11.8. The molecular weight excluding hydrogens is 286 g/mol. The van der Waals surface area contributed by atoms with Crippen LogP contribution in [-0.4, -0.2) is 26.2 Å². The molecule has 0 aliphatic heterocycles. The molecule has 17 heavy (non-hydrogen) atoms. The molecule has 2 rings (SSSR count). The topological polar surface area (TPSA) is 57.0 Å². The SMILES string of the molecule is CC(C)(C)OC(=O)n1cnc2c(Br)ccnc21. The Morgan fingerprint density at radius 2 is 2.12 bits per heavy atom. The number of carbonyl (C=O) groups excluding carboxylic acids is 1. The van der Waals surface area contributed by atoms with Gasteiger partial charge in [-0.2, -0.15) is 0 Å². The number of ether oxygens (including phenoxy) is 1. The minimum atomic E-state index is -0.542. The smallest absolute Gasteiger partial charge is 0.421 e. The van der Waals surface area contributed by atoms with Gasteiger partial charge in [0.15, 0.2) is 5.65 Å². The summed E-state index contributed by atoms with van der Waals surface area (Å²) >= 11 is 3.35. The molecule has 2 aromatic heterocycles. The summed E-state index contributed by atoms with van der Waals surface area (Å²) in [6.45, 7) is 5.44. The van der Waals surface area contributed by atoms with E-state index in [0.717, 1.165) is 4.47 Å². The second-order valence-electron chi connectivity index (χ2n) is 4.56. The highest BCUT2D eigenvalue weighted by Crippen LogP contribution is 2.21. The van der Waals surface area contributed by atoms with Crippen molar-refractivity contribution in [2.75, 3.05) is 0 Å². The van der Waals surface area contributed by atoms with Gasteiger partial charge in [0, 0.05) is 10.7 Å². The quantitative estimate of drug-likeness (QED) is 0.750. The van der Waals surface area contributed by atoms with Crippen LogP contribution in [0.5, 0.6) is 0 Å². The fourth-order valence-corrected chi connectivity index (χ4v) is 1.73. The summed E-state index contributed by atoms with van der Waals surface area (Å²) in [6, 6.07) is 1.77. The van der Waals surface area contributed by atoms with Crippen LogP contribution in [0, 0.1) is 0 Å². The van der Waals surface area contributed by atoms with Gasteiger partial charge in [-0.3, -0.25) is 0 Å². The molecule has 0 radical (unpaired) electrons. The Morgan fingerprint density at radius 3 is 2.76 bits per heavy atom. The van der Waals surface area contributed by atoms with E-state index in [-0.39, 0.29) is 0 Å². The first-order valence-corrected chi connectivity index (χ1v) is 5.89. The second kappa shape index (κ2) is 4.10. The van der Waals surface area contributed by atoms with Crippen molar-refractivity contribution in [3.05, 3.63) is 23.1 Å². The monoisotopic (exact) mass is 297 g/mol. The Morgan fingerprint density at radius 1 is 1.41 bits per heavy atom. The fourth-order valence-electron chi connectivity index (χ4n) is 1.33. The lowest BCUT2D eigenvalue weighted by molar-refractivity contribution is 0.0543. The first-order valence-electron chi connectivity index (χ1n) is 5.09. The fraction of sp³-hybridized carbons (Fsp3) is 0.364. The van der Waals surface area contributed by atoms with E-state index in [2.05, 4.69) is 25.9 Å². The highest BCUT2D eigenvalue weighted by atomic mass is 79.9. The van der Waals surface area contributed by atoms with Gasteiger partial charge in [0.1, 0.15) is 17.4 Å². The highest BCUT2D eigenvalue weighted by Gasteiger charge is 2.20. The van der Waals surface area contributed by atoms with Crippen molar-refractivity contribution in [1.82, 2.24) is 14.5 Å². The van der Waals surface area contributed by atoms with Gasteiger partial charge in [0.05, 0.1) is 0 Å². The van der Waals surface area contributed by atoms with Gasteiger partial charge in [-0.05, 0) is 42.8 Å². The Hall–Kier alpha value is -1.43. The lowest BCUT2D eigenvalue weighted by atomic mass is 10.2. The lowest BCUT2D eigenvalue weighted by Gasteiger charge is -2.19. The van der Waals surface area contributed by atoms with E-state index in [4.69, 9.17) is 4.74 Å². The zero-order valence-electron chi connectivity index (χ0n) is 9.77. The number of pyridine rings is 1. The molecule has 0 fully saturated rings. The maximum atomic E-state index is 11.9. The molecule has 0 saturated heterocycles. The number of imidazole rings is 1. The summed E-state index contributed by atoms with van der Waals surface area (Å²) in [4.78, 5) is 20.1. The number of hydrogen-bond acceptors (Lipinski definition) is 4. The molecule has 0 aliphatic rings. The van der Waals surface area contributed by atoms with Crippen molar-refractivity contribution in [3.63, 3.8) is 0 Å². The van der Waals surface area contributed by atoms with Crippen molar-refractivity contribution in [3.8, 4) is 0 Å². The molecule has 2 heterocycles. The first kappa shape index (κ1) is 12.0. The Kier molecular flexibility index (Phi) is 2.91. The third-order valence-electron chi connectivity index (χ3n) is 1.98. The van der Waals surface area contributed by atoms with Gasteiger partial charge in [-0.1, -0.05) is 0 Å². The Balaban J connectivity index is 2.43. The summed E-state index contributed by atoms with van der Waals surface area (Å²) in [6.07, 6.45) is 2.54. The molecule has 0 aromatic carbocycles. The van der Waals surface area contributed by atoms with Gasteiger partial charge < -0.3 is 4.74 Å². The number of rotatable bonds is 0.